The van der Waals surface area contributed by atoms with E-state index in [-0.39, 0.29) is 0 Å². The number of rotatable bonds is 2. The van der Waals surface area contributed by atoms with Crippen molar-refractivity contribution in [1.82, 2.24) is 19.6 Å². The third kappa shape index (κ3) is 2.45. The standard InChI is InChI=1S/C25H24N4O2/c1-16-20-22(28(26-16)18-11-7-5-8-12-18)30-25(4)15-24(20,3)31-23-21(25)17(2)27-29(23)19-13-9-6-10-14-19/h5-14H,15H2,1-4H3/t24-,25-/m1/s1. The number of nitrogens with zero attached hydrogens (tertiary/aromatic N) is 4. The van der Waals surface area contributed by atoms with Crippen molar-refractivity contribution < 1.29 is 9.47 Å². The van der Waals surface area contributed by atoms with Gasteiger partial charge in [-0.15, -0.1) is 0 Å². The van der Waals surface area contributed by atoms with Crippen LogP contribution in [0.25, 0.3) is 11.4 Å². The van der Waals surface area contributed by atoms with Gasteiger partial charge in [0.15, 0.2) is 0 Å². The van der Waals surface area contributed by atoms with Crippen LogP contribution in [0.5, 0.6) is 11.8 Å². The summed E-state index contributed by atoms with van der Waals surface area (Å²) in [5, 5.41) is 9.68. The lowest BCUT2D eigenvalue weighted by Crippen LogP contribution is -2.50. The predicted octanol–water partition coefficient (Wildman–Crippen LogP) is 4.98. The summed E-state index contributed by atoms with van der Waals surface area (Å²) in [5.41, 5.74) is 4.60. The van der Waals surface area contributed by atoms with E-state index in [4.69, 9.17) is 19.7 Å². The maximum absolute atomic E-state index is 6.79. The molecule has 31 heavy (non-hydrogen) atoms. The van der Waals surface area contributed by atoms with E-state index in [1.54, 1.807) is 0 Å². The van der Waals surface area contributed by atoms with Crippen LogP contribution in [0.3, 0.4) is 0 Å². The van der Waals surface area contributed by atoms with Crippen molar-refractivity contribution in [2.45, 2.75) is 45.3 Å². The molecule has 2 aromatic heterocycles. The molecule has 4 heterocycles. The Balaban J connectivity index is 1.57. The zero-order valence-electron chi connectivity index (χ0n) is 18.1. The highest BCUT2D eigenvalue weighted by Gasteiger charge is 2.57. The minimum absolute atomic E-state index is 0.578. The van der Waals surface area contributed by atoms with Crippen LogP contribution in [0, 0.1) is 13.8 Å². The minimum Gasteiger partial charge on any atom is -0.466 e. The number of hydrogen-bond acceptors (Lipinski definition) is 4. The van der Waals surface area contributed by atoms with Crippen molar-refractivity contribution in [3.05, 3.63) is 83.2 Å². The number of hydrogen-bond donors (Lipinski definition) is 0. The largest absolute Gasteiger partial charge is 0.466 e. The maximum atomic E-state index is 6.79. The van der Waals surface area contributed by atoms with Gasteiger partial charge in [0.25, 0.3) is 0 Å². The van der Waals surface area contributed by atoms with Crippen LogP contribution < -0.4 is 9.47 Å². The monoisotopic (exact) mass is 412 g/mol. The van der Waals surface area contributed by atoms with Crippen LogP contribution in [-0.2, 0) is 11.2 Å². The van der Waals surface area contributed by atoms with Gasteiger partial charge < -0.3 is 9.47 Å². The predicted molar refractivity (Wildman–Crippen MR) is 117 cm³/mol. The van der Waals surface area contributed by atoms with Gasteiger partial charge >= 0.3 is 0 Å². The summed E-state index contributed by atoms with van der Waals surface area (Å²) in [5.74, 6) is 1.50. The molecule has 156 valence electrons. The Morgan fingerprint density at radius 3 is 1.45 bits per heavy atom. The van der Waals surface area contributed by atoms with Crippen molar-refractivity contribution in [3.8, 4) is 23.1 Å². The van der Waals surface area contributed by atoms with Crippen molar-refractivity contribution in [2.24, 2.45) is 0 Å². The van der Waals surface area contributed by atoms with E-state index in [9.17, 15) is 0 Å². The molecule has 2 bridgehead atoms. The molecule has 0 saturated carbocycles. The third-order valence-electron chi connectivity index (χ3n) is 6.41. The molecule has 0 fully saturated rings. The van der Waals surface area contributed by atoms with Crippen LogP contribution >= 0.6 is 0 Å². The highest BCUT2D eigenvalue weighted by atomic mass is 16.6. The van der Waals surface area contributed by atoms with Gasteiger partial charge in [-0.1, -0.05) is 36.4 Å². The Kier molecular flexibility index (Phi) is 3.53. The molecule has 6 nitrogen and oxygen atoms in total. The summed E-state index contributed by atoms with van der Waals surface area (Å²) < 4.78 is 17.4. The summed E-state index contributed by atoms with van der Waals surface area (Å²) in [7, 11) is 0. The number of ether oxygens (including phenoxy) is 2. The summed E-state index contributed by atoms with van der Waals surface area (Å²) >= 11 is 0. The normalized spacial score (nSPS) is 23.5. The number of aryl methyl sites for hydroxylation is 2. The Bertz CT molecular complexity index is 1210. The lowest BCUT2D eigenvalue weighted by atomic mass is 9.76. The first-order chi connectivity index (χ1) is 14.9. The van der Waals surface area contributed by atoms with E-state index < -0.39 is 11.2 Å². The lowest BCUT2D eigenvalue weighted by Gasteiger charge is -2.48. The summed E-state index contributed by atoms with van der Waals surface area (Å²) in [6, 6.07) is 20.2. The number of aromatic nitrogens is 4. The molecule has 2 aromatic carbocycles. The van der Waals surface area contributed by atoms with Gasteiger partial charge in [0.2, 0.25) is 11.8 Å². The number of benzene rings is 2. The highest BCUT2D eigenvalue weighted by Crippen LogP contribution is 2.57. The molecule has 6 rings (SSSR count). The molecule has 2 aliphatic heterocycles. The molecular formula is C25H24N4O2. The quantitative estimate of drug-likeness (QED) is 0.466. The molecule has 0 aliphatic carbocycles. The molecule has 4 aromatic rings. The van der Waals surface area contributed by atoms with Gasteiger partial charge in [0.05, 0.1) is 33.9 Å². The molecule has 2 atom stereocenters. The average Bonchev–Trinajstić information content (AvgIpc) is 3.26. The van der Waals surface area contributed by atoms with Gasteiger partial charge in [-0.05, 0) is 52.0 Å². The van der Waals surface area contributed by atoms with E-state index >= 15 is 0 Å². The van der Waals surface area contributed by atoms with Gasteiger partial charge in [0, 0.05) is 6.42 Å². The molecular weight excluding hydrogens is 388 g/mol. The van der Waals surface area contributed by atoms with Crippen LogP contribution in [-0.4, -0.2) is 19.6 Å². The van der Waals surface area contributed by atoms with Crippen molar-refractivity contribution >= 4 is 0 Å². The van der Waals surface area contributed by atoms with E-state index in [2.05, 4.69) is 13.8 Å². The minimum atomic E-state index is -0.578. The first kappa shape index (κ1) is 18.2. The fourth-order valence-corrected chi connectivity index (χ4v) is 5.33. The second-order valence-electron chi connectivity index (χ2n) is 8.87. The van der Waals surface area contributed by atoms with Crippen LogP contribution in [0.15, 0.2) is 60.7 Å². The van der Waals surface area contributed by atoms with E-state index in [1.165, 1.54) is 0 Å². The molecule has 2 aliphatic rings. The fraction of sp³-hybridized carbons (Fsp3) is 0.280. The molecule has 0 radical (unpaired) electrons. The highest BCUT2D eigenvalue weighted by molar-refractivity contribution is 5.53. The van der Waals surface area contributed by atoms with Crippen molar-refractivity contribution in [3.63, 3.8) is 0 Å². The van der Waals surface area contributed by atoms with Crippen LogP contribution in [0.1, 0.15) is 42.8 Å². The fourth-order valence-electron chi connectivity index (χ4n) is 5.33. The molecule has 0 amide bonds. The average molecular weight is 412 g/mol. The first-order valence-electron chi connectivity index (χ1n) is 10.6. The third-order valence-corrected chi connectivity index (χ3v) is 6.41. The second kappa shape index (κ2) is 6.00. The topological polar surface area (TPSA) is 54.1 Å². The summed E-state index contributed by atoms with van der Waals surface area (Å²) in [6.07, 6.45) is 0.697. The summed E-state index contributed by atoms with van der Waals surface area (Å²) in [6.45, 7) is 8.32. The Morgan fingerprint density at radius 1 is 0.677 bits per heavy atom. The Hall–Kier alpha value is -3.54. The number of fused-ring (bicyclic) bond motifs is 6. The number of para-hydroxylation sites is 2. The molecule has 6 heteroatoms. The maximum Gasteiger partial charge on any atom is 0.225 e. The SMILES string of the molecule is Cc1nn(-c2ccccc2)c2c1[C@@]1(C)C[C@@](C)(O2)c2c(C)nn(-c3ccccc3)c2O1. The zero-order valence-corrected chi connectivity index (χ0v) is 18.1. The lowest BCUT2D eigenvalue weighted by molar-refractivity contribution is -0.0797. The molecule has 0 unspecified atom stereocenters. The van der Waals surface area contributed by atoms with Crippen molar-refractivity contribution in [2.75, 3.05) is 0 Å². The molecule has 0 N–H and O–H groups in total. The summed E-state index contributed by atoms with van der Waals surface area (Å²) in [4.78, 5) is 0. The van der Waals surface area contributed by atoms with Crippen molar-refractivity contribution in [1.29, 1.82) is 0 Å². The molecule has 0 saturated heterocycles. The Morgan fingerprint density at radius 2 is 1.06 bits per heavy atom. The van der Waals surface area contributed by atoms with Gasteiger partial charge in [-0.3, -0.25) is 0 Å². The smallest absolute Gasteiger partial charge is 0.225 e. The van der Waals surface area contributed by atoms with Gasteiger partial charge in [-0.2, -0.15) is 10.2 Å². The first-order valence-corrected chi connectivity index (χ1v) is 10.6. The van der Waals surface area contributed by atoms with Crippen LogP contribution in [0.4, 0.5) is 0 Å². The zero-order chi connectivity index (χ0) is 21.4. The van der Waals surface area contributed by atoms with E-state index in [0.717, 1.165) is 45.6 Å². The van der Waals surface area contributed by atoms with Gasteiger partial charge in [0.1, 0.15) is 11.2 Å². The van der Waals surface area contributed by atoms with E-state index in [0.29, 0.717) is 6.42 Å². The van der Waals surface area contributed by atoms with Crippen LogP contribution in [0.2, 0.25) is 0 Å². The second-order valence-corrected chi connectivity index (χ2v) is 8.87. The van der Waals surface area contributed by atoms with E-state index in [1.807, 2.05) is 83.9 Å². The van der Waals surface area contributed by atoms with Gasteiger partial charge in [-0.25, -0.2) is 9.36 Å². The molecule has 0 spiro atoms. The Labute approximate surface area is 181 Å².